The van der Waals surface area contributed by atoms with E-state index in [4.69, 9.17) is 12.2 Å². The van der Waals surface area contributed by atoms with Crippen molar-refractivity contribution in [3.8, 4) is 0 Å². The summed E-state index contributed by atoms with van der Waals surface area (Å²) in [7, 11) is 0. The molecular weight excluding hydrogens is 319 g/mol. The van der Waals surface area contributed by atoms with Gasteiger partial charge in [0.2, 0.25) is 0 Å². The first-order valence-electron chi connectivity index (χ1n) is 5.72. The van der Waals surface area contributed by atoms with Crippen LogP contribution < -0.4 is 5.56 Å². The van der Waals surface area contributed by atoms with Gasteiger partial charge < -0.3 is 4.98 Å². The zero-order chi connectivity index (χ0) is 12.9. The van der Waals surface area contributed by atoms with Gasteiger partial charge >= 0.3 is 0 Å². The molecule has 0 amide bonds. The van der Waals surface area contributed by atoms with E-state index in [-0.39, 0.29) is 17.1 Å². The van der Waals surface area contributed by atoms with Gasteiger partial charge in [-0.1, -0.05) is 0 Å². The van der Waals surface area contributed by atoms with Gasteiger partial charge in [-0.15, -0.1) is 0 Å². The Bertz CT molecular complexity index is 748. The molecule has 1 aliphatic rings. The van der Waals surface area contributed by atoms with E-state index in [0.717, 1.165) is 19.3 Å². The molecule has 0 unspecified atom stereocenters. The Kier molecular flexibility index (Phi) is 2.86. The molecule has 3 rings (SSSR count). The summed E-state index contributed by atoms with van der Waals surface area (Å²) in [5, 5.41) is 0.329. The number of H-pyrrole nitrogens is 1. The van der Waals surface area contributed by atoms with Gasteiger partial charge in [-0.25, -0.2) is 4.39 Å². The minimum absolute atomic E-state index is 0.154. The van der Waals surface area contributed by atoms with Crippen LogP contribution in [0.1, 0.15) is 25.3 Å². The van der Waals surface area contributed by atoms with Crippen LogP contribution in [0.2, 0.25) is 0 Å². The highest BCUT2D eigenvalue weighted by Crippen LogP contribution is 2.31. The molecule has 0 bridgehead atoms. The molecule has 6 heteroatoms. The predicted octanol–water partition coefficient (Wildman–Crippen LogP) is 3.69. The zero-order valence-electron chi connectivity index (χ0n) is 9.37. The Balaban J connectivity index is 2.44. The first-order chi connectivity index (χ1) is 8.59. The van der Waals surface area contributed by atoms with E-state index >= 15 is 0 Å². The van der Waals surface area contributed by atoms with E-state index in [9.17, 15) is 9.18 Å². The van der Waals surface area contributed by atoms with Crippen LogP contribution in [0.3, 0.4) is 0 Å². The van der Waals surface area contributed by atoms with Crippen molar-refractivity contribution in [2.24, 2.45) is 0 Å². The van der Waals surface area contributed by atoms with E-state index in [2.05, 4.69) is 20.9 Å². The summed E-state index contributed by atoms with van der Waals surface area (Å²) < 4.78 is 16.2. The summed E-state index contributed by atoms with van der Waals surface area (Å²) in [4.78, 5) is 15.3. The largest absolute Gasteiger partial charge is 0.329 e. The molecule has 1 saturated carbocycles. The van der Waals surface area contributed by atoms with Crippen molar-refractivity contribution in [3.63, 3.8) is 0 Å². The van der Waals surface area contributed by atoms with Gasteiger partial charge in [0.1, 0.15) is 5.82 Å². The molecule has 2 aromatic rings. The molecule has 1 aromatic carbocycles. The van der Waals surface area contributed by atoms with Crippen molar-refractivity contribution in [2.45, 2.75) is 25.3 Å². The number of aromatic nitrogens is 2. The van der Waals surface area contributed by atoms with Crippen LogP contribution in [0.4, 0.5) is 4.39 Å². The lowest BCUT2D eigenvalue weighted by Crippen LogP contribution is -2.30. The second-order valence-electron chi connectivity index (χ2n) is 4.47. The van der Waals surface area contributed by atoms with Crippen LogP contribution in [0.15, 0.2) is 21.4 Å². The van der Waals surface area contributed by atoms with Gasteiger partial charge in [-0.05, 0) is 59.5 Å². The number of hydrogen-bond acceptors (Lipinski definition) is 2. The lowest BCUT2D eigenvalue weighted by Gasteiger charge is -2.27. The summed E-state index contributed by atoms with van der Waals surface area (Å²) in [5.74, 6) is -0.461. The third-order valence-electron chi connectivity index (χ3n) is 3.43. The summed E-state index contributed by atoms with van der Waals surface area (Å²) in [6.45, 7) is 0. The van der Waals surface area contributed by atoms with Gasteiger partial charge in [0.15, 0.2) is 4.77 Å². The van der Waals surface area contributed by atoms with E-state index in [0.29, 0.717) is 14.6 Å². The van der Waals surface area contributed by atoms with Crippen molar-refractivity contribution < 1.29 is 4.39 Å². The van der Waals surface area contributed by atoms with Crippen LogP contribution >= 0.6 is 28.1 Å². The normalized spacial score (nSPS) is 15.9. The summed E-state index contributed by atoms with van der Waals surface area (Å²) in [5.41, 5.74) is -0.0419. The van der Waals surface area contributed by atoms with Crippen LogP contribution in [0.25, 0.3) is 10.9 Å². The first kappa shape index (κ1) is 12.0. The number of benzene rings is 1. The lowest BCUT2D eigenvalue weighted by molar-refractivity contribution is 0.302. The number of aromatic amines is 1. The highest BCUT2D eigenvalue weighted by Gasteiger charge is 2.23. The van der Waals surface area contributed by atoms with E-state index in [1.165, 1.54) is 6.07 Å². The number of halogens is 2. The van der Waals surface area contributed by atoms with Crippen molar-refractivity contribution >= 4 is 39.1 Å². The minimum Gasteiger partial charge on any atom is -0.329 e. The van der Waals surface area contributed by atoms with Gasteiger partial charge in [0.05, 0.1) is 10.9 Å². The van der Waals surface area contributed by atoms with Crippen LogP contribution in [-0.2, 0) is 0 Å². The van der Waals surface area contributed by atoms with Gasteiger partial charge in [-0.2, -0.15) is 0 Å². The molecule has 0 spiro atoms. The molecule has 1 aliphatic carbocycles. The average molecular weight is 329 g/mol. The fourth-order valence-electron chi connectivity index (χ4n) is 2.24. The molecule has 3 nitrogen and oxygen atoms in total. The number of nitrogens with one attached hydrogen (secondary N) is 1. The Labute approximate surface area is 116 Å². The molecule has 1 N–H and O–H groups in total. The molecule has 0 saturated heterocycles. The predicted molar refractivity (Wildman–Crippen MR) is 73.9 cm³/mol. The van der Waals surface area contributed by atoms with E-state index in [1.54, 1.807) is 10.6 Å². The smallest absolute Gasteiger partial charge is 0.263 e. The van der Waals surface area contributed by atoms with Crippen molar-refractivity contribution in [1.82, 2.24) is 9.55 Å². The molecule has 1 fully saturated rings. The average Bonchev–Trinajstić information content (AvgIpc) is 2.26. The lowest BCUT2D eigenvalue weighted by atomic mass is 9.93. The SMILES string of the molecule is O=c1c2c(Br)ccc(F)c2[nH]c(=S)n1C1CCC1. The maximum absolute atomic E-state index is 13.7. The minimum atomic E-state index is -0.461. The Morgan fingerprint density at radius 3 is 2.78 bits per heavy atom. The topological polar surface area (TPSA) is 37.8 Å². The molecule has 0 radical (unpaired) electrons. The quantitative estimate of drug-likeness (QED) is 0.811. The van der Waals surface area contributed by atoms with Gasteiger partial charge in [0, 0.05) is 10.5 Å². The number of nitrogens with zero attached hydrogens (tertiary/aromatic N) is 1. The van der Waals surface area contributed by atoms with Crippen molar-refractivity contribution in [2.75, 3.05) is 0 Å². The Morgan fingerprint density at radius 1 is 1.44 bits per heavy atom. The van der Waals surface area contributed by atoms with E-state index in [1.807, 2.05) is 0 Å². The Hall–Kier alpha value is -1.01. The fourth-order valence-corrected chi connectivity index (χ4v) is 3.07. The second kappa shape index (κ2) is 4.28. The number of rotatable bonds is 1. The maximum Gasteiger partial charge on any atom is 0.263 e. The monoisotopic (exact) mass is 328 g/mol. The molecule has 0 atom stereocenters. The summed E-state index contributed by atoms with van der Waals surface area (Å²) in [6, 6.07) is 3.01. The molecule has 1 aromatic heterocycles. The van der Waals surface area contributed by atoms with Gasteiger partial charge in [-0.3, -0.25) is 9.36 Å². The molecule has 1 heterocycles. The Morgan fingerprint density at radius 2 is 2.17 bits per heavy atom. The summed E-state index contributed by atoms with van der Waals surface area (Å²) >= 11 is 8.47. The highest BCUT2D eigenvalue weighted by molar-refractivity contribution is 9.10. The van der Waals surface area contributed by atoms with Crippen molar-refractivity contribution in [1.29, 1.82) is 0 Å². The third kappa shape index (κ3) is 1.66. The van der Waals surface area contributed by atoms with Gasteiger partial charge in [0.25, 0.3) is 5.56 Å². The second-order valence-corrected chi connectivity index (χ2v) is 5.71. The summed E-state index contributed by atoms with van der Waals surface area (Å²) in [6.07, 6.45) is 3.01. The van der Waals surface area contributed by atoms with Crippen molar-refractivity contribution in [3.05, 3.63) is 37.5 Å². The maximum atomic E-state index is 13.7. The first-order valence-corrected chi connectivity index (χ1v) is 6.92. The van der Waals surface area contributed by atoms with E-state index < -0.39 is 5.82 Å². The number of hydrogen-bond donors (Lipinski definition) is 1. The number of fused-ring (bicyclic) bond motifs is 1. The zero-order valence-corrected chi connectivity index (χ0v) is 11.8. The molecule has 0 aliphatic heterocycles. The highest BCUT2D eigenvalue weighted by atomic mass is 79.9. The molecule has 94 valence electrons. The standard InChI is InChI=1S/C12H10BrFN2OS/c13-7-4-5-8(14)10-9(7)11(17)16(12(18)15-10)6-2-1-3-6/h4-6H,1-3H2,(H,15,18). The molecule has 18 heavy (non-hydrogen) atoms. The van der Waals surface area contributed by atoms with Crippen LogP contribution in [0.5, 0.6) is 0 Å². The van der Waals surface area contributed by atoms with Crippen LogP contribution in [0, 0.1) is 10.6 Å². The van der Waals surface area contributed by atoms with Crippen LogP contribution in [-0.4, -0.2) is 9.55 Å². The fraction of sp³-hybridized carbons (Fsp3) is 0.333. The molecular formula is C12H10BrFN2OS. The third-order valence-corrected chi connectivity index (χ3v) is 4.39.